The van der Waals surface area contributed by atoms with Crippen LogP contribution in [0.3, 0.4) is 0 Å². The molecule has 1 aromatic rings. The third-order valence-corrected chi connectivity index (χ3v) is 4.84. The first-order valence-electron chi connectivity index (χ1n) is 8.21. The minimum Gasteiger partial charge on any atom is -0.365 e. The summed E-state index contributed by atoms with van der Waals surface area (Å²) in [7, 11) is 0. The second-order valence-electron chi connectivity index (χ2n) is 6.51. The summed E-state index contributed by atoms with van der Waals surface area (Å²) in [6, 6.07) is 1.85. The van der Waals surface area contributed by atoms with E-state index in [0.717, 1.165) is 38.6 Å². The third kappa shape index (κ3) is 3.43. The lowest BCUT2D eigenvalue weighted by atomic mass is 10.1. The van der Waals surface area contributed by atoms with Crippen LogP contribution in [0.25, 0.3) is 0 Å². The fourth-order valence-corrected chi connectivity index (χ4v) is 3.54. The van der Waals surface area contributed by atoms with Gasteiger partial charge in [0.05, 0.1) is 4.92 Å². The van der Waals surface area contributed by atoms with Gasteiger partial charge in [-0.05, 0) is 32.3 Å². The maximum absolute atomic E-state index is 12.4. The largest absolute Gasteiger partial charge is 0.365 e. The number of nitrogens with zero attached hydrogens (tertiary/aromatic N) is 3. The van der Waals surface area contributed by atoms with E-state index in [0.29, 0.717) is 23.8 Å². The third-order valence-electron chi connectivity index (χ3n) is 4.84. The molecule has 1 aromatic heterocycles. The van der Waals surface area contributed by atoms with Crippen molar-refractivity contribution in [2.75, 3.05) is 18.4 Å². The van der Waals surface area contributed by atoms with Gasteiger partial charge >= 0.3 is 0 Å². The standard InChI is InChI=1S/C16H22N4O3/c1-11-8-15(17-9-14(11)20(22)23)18-13-6-7-19(10-13)16(21)12-4-2-3-5-12/h8-9,12-13H,2-7,10H2,1H3,(H,17,18). The molecule has 2 heterocycles. The van der Waals surface area contributed by atoms with Crippen molar-refractivity contribution in [3.8, 4) is 0 Å². The van der Waals surface area contributed by atoms with Crippen LogP contribution >= 0.6 is 0 Å². The van der Waals surface area contributed by atoms with Crippen LogP contribution in [0.1, 0.15) is 37.7 Å². The molecule has 1 aliphatic carbocycles. The Morgan fingerprint density at radius 2 is 2.13 bits per heavy atom. The van der Waals surface area contributed by atoms with Crippen LogP contribution < -0.4 is 5.32 Å². The van der Waals surface area contributed by atoms with E-state index in [1.165, 1.54) is 6.20 Å². The van der Waals surface area contributed by atoms with Crippen molar-refractivity contribution in [2.24, 2.45) is 5.92 Å². The average molecular weight is 318 g/mol. The van der Waals surface area contributed by atoms with E-state index < -0.39 is 4.92 Å². The zero-order valence-electron chi connectivity index (χ0n) is 13.3. The number of hydrogen-bond donors (Lipinski definition) is 1. The average Bonchev–Trinajstić information content (AvgIpc) is 3.17. The molecular weight excluding hydrogens is 296 g/mol. The highest BCUT2D eigenvalue weighted by Gasteiger charge is 2.32. The van der Waals surface area contributed by atoms with Crippen molar-refractivity contribution >= 4 is 17.4 Å². The molecule has 0 radical (unpaired) electrons. The second-order valence-corrected chi connectivity index (χ2v) is 6.51. The molecule has 2 fully saturated rings. The quantitative estimate of drug-likeness (QED) is 0.680. The maximum Gasteiger partial charge on any atom is 0.290 e. The lowest BCUT2D eigenvalue weighted by molar-refractivity contribution is -0.385. The number of aryl methyl sites for hydroxylation is 1. The van der Waals surface area contributed by atoms with Crippen molar-refractivity contribution < 1.29 is 9.72 Å². The Hall–Kier alpha value is -2.18. The zero-order chi connectivity index (χ0) is 16.4. The van der Waals surface area contributed by atoms with E-state index in [9.17, 15) is 14.9 Å². The van der Waals surface area contributed by atoms with Gasteiger partial charge in [-0.15, -0.1) is 0 Å². The predicted molar refractivity (Wildman–Crippen MR) is 86.2 cm³/mol. The monoisotopic (exact) mass is 318 g/mol. The molecule has 1 saturated carbocycles. The summed E-state index contributed by atoms with van der Waals surface area (Å²) < 4.78 is 0. The first kappa shape index (κ1) is 15.7. The number of nitro groups is 1. The lowest BCUT2D eigenvalue weighted by Crippen LogP contribution is -2.35. The highest BCUT2D eigenvalue weighted by Crippen LogP contribution is 2.28. The smallest absolute Gasteiger partial charge is 0.290 e. The van der Waals surface area contributed by atoms with Crippen LogP contribution in [0.2, 0.25) is 0 Å². The number of likely N-dealkylation sites (tertiary alicyclic amines) is 1. The molecule has 3 rings (SSSR count). The van der Waals surface area contributed by atoms with E-state index >= 15 is 0 Å². The number of aromatic nitrogens is 1. The van der Waals surface area contributed by atoms with Gasteiger partial charge < -0.3 is 10.2 Å². The van der Waals surface area contributed by atoms with Gasteiger partial charge in [-0.1, -0.05) is 12.8 Å². The lowest BCUT2D eigenvalue weighted by Gasteiger charge is -2.20. The van der Waals surface area contributed by atoms with Crippen LogP contribution in [0.4, 0.5) is 11.5 Å². The van der Waals surface area contributed by atoms with Gasteiger partial charge in [-0.3, -0.25) is 14.9 Å². The van der Waals surface area contributed by atoms with Gasteiger partial charge in [-0.25, -0.2) is 4.98 Å². The first-order valence-corrected chi connectivity index (χ1v) is 8.21. The number of carbonyl (C=O) groups is 1. The molecule has 1 unspecified atom stereocenters. The maximum atomic E-state index is 12.4. The molecule has 1 saturated heterocycles. The van der Waals surface area contributed by atoms with E-state index in [2.05, 4.69) is 10.3 Å². The van der Waals surface area contributed by atoms with Crippen molar-refractivity contribution in [1.29, 1.82) is 0 Å². The fourth-order valence-electron chi connectivity index (χ4n) is 3.54. The Bertz CT molecular complexity index is 613. The van der Waals surface area contributed by atoms with Crippen molar-refractivity contribution in [1.82, 2.24) is 9.88 Å². The molecule has 0 bridgehead atoms. The molecule has 23 heavy (non-hydrogen) atoms. The SMILES string of the molecule is Cc1cc(NC2CCN(C(=O)C3CCCC3)C2)ncc1[N+](=O)[O-]. The molecule has 1 N–H and O–H groups in total. The Morgan fingerprint density at radius 1 is 1.39 bits per heavy atom. The highest BCUT2D eigenvalue weighted by molar-refractivity contribution is 5.79. The molecule has 124 valence electrons. The van der Waals surface area contributed by atoms with Crippen LogP contribution in [-0.4, -0.2) is 39.8 Å². The van der Waals surface area contributed by atoms with E-state index in [1.54, 1.807) is 13.0 Å². The summed E-state index contributed by atoms with van der Waals surface area (Å²) in [6.07, 6.45) is 6.55. The Labute approximate surface area is 135 Å². The predicted octanol–water partition coefficient (Wildman–Crippen LogP) is 2.50. The van der Waals surface area contributed by atoms with E-state index in [-0.39, 0.29) is 17.6 Å². The Balaban J connectivity index is 1.58. The number of nitrogens with one attached hydrogen (secondary N) is 1. The van der Waals surface area contributed by atoms with Crippen LogP contribution in [-0.2, 0) is 4.79 Å². The van der Waals surface area contributed by atoms with Gasteiger partial charge in [-0.2, -0.15) is 0 Å². The van der Waals surface area contributed by atoms with Crippen LogP contribution in [0.5, 0.6) is 0 Å². The molecule has 0 aromatic carbocycles. The van der Waals surface area contributed by atoms with Crippen molar-refractivity contribution in [3.05, 3.63) is 27.9 Å². The summed E-state index contributed by atoms with van der Waals surface area (Å²) in [4.78, 5) is 28.9. The number of rotatable bonds is 4. The van der Waals surface area contributed by atoms with Crippen LogP contribution in [0.15, 0.2) is 12.3 Å². The molecule has 7 heteroatoms. The number of pyridine rings is 1. The molecule has 2 aliphatic rings. The molecule has 1 atom stereocenters. The highest BCUT2D eigenvalue weighted by atomic mass is 16.6. The molecule has 7 nitrogen and oxygen atoms in total. The van der Waals surface area contributed by atoms with Gasteiger partial charge in [0.25, 0.3) is 5.69 Å². The summed E-state index contributed by atoms with van der Waals surface area (Å²) in [5.74, 6) is 1.14. The van der Waals surface area contributed by atoms with Gasteiger partial charge in [0.2, 0.25) is 5.91 Å². The number of carbonyl (C=O) groups excluding carboxylic acids is 1. The molecular formula is C16H22N4O3. The van der Waals surface area contributed by atoms with E-state index in [4.69, 9.17) is 0 Å². The summed E-state index contributed by atoms with van der Waals surface area (Å²) in [6.45, 7) is 3.17. The zero-order valence-corrected chi connectivity index (χ0v) is 13.3. The minimum atomic E-state index is -0.427. The minimum absolute atomic E-state index is 0.0278. The summed E-state index contributed by atoms with van der Waals surface area (Å²) in [5, 5.41) is 14.1. The Morgan fingerprint density at radius 3 is 2.78 bits per heavy atom. The summed E-state index contributed by atoms with van der Waals surface area (Å²) >= 11 is 0. The number of hydrogen-bond acceptors (Lipinski definition) is 5. The van der Waals surface area contributed by atoms with Gasteiger partial charge in [0.1, 0.15) is 12.0 Å². The van der Waals surface area contributed by atoms with Gasteiger partial charge in [0.15, 0.2) is 0 Å². The number of amides is 1. The Kier molecular flexibility index (Phi) is 4.45. The summed E-state index contributed by atoms with van der Waals surface area (Å²) in [5.41, 5.74) is 0.615. The molecule has 1 aliphatic heterocycles. The topological polar surface area (TPSA) is 88.4 Å². The normalized spacial score (nSPS) is 21.6. The van der Waals surface area contributed by atoms with E-state index in [1.807, 2.05) is 4.90 Å². The molecule has 1 amide bonds. The van der Waals surface area contributed by atoms with Crippen molar-refractivity contribution in [2.45, 2.75) is 45.1 Å². The number of anilines is 1. The second kappa shape index (κ2) is 6.52. The fraction of sp³-hybridized carbons (Fsp3) is 0.625. The first-order chi connectivity index (χ1) is 11.0. The molecule has 0 spiro atoms. The van der Waals surface area contributed by atoms with Crippen molar-refractivity contribution in [3.63, 3.8) is 0 Å². The van der Waals surface area contributed by atoms with Gasteiger partial charge in [0, 0.05) is 30.6 Å². The van der Waals surface area contributed by atoms with Crippen LogP contribution in [0, 0.1) is 23.0 Å².